The highest BCUT2D eigenvalue weighted by atomic mass is 32.1. The number of anilines is 1. The number of aromatic nitrogens is 1. The normalized spacial score (nSPS) is 13.8. The average Bonchev–Trinajstić information content (AvgIpc) is 2.83. The summed E-state index contributed by atoms with van der Waals surface area (Å²) in [5, 5.41) is 5.58. The molecular formula is C16H20N2O3S. The summed E-state index contributed by atoms with van der Waals surface area (Å²) in [5.41, 5.74) is 2.08. The second-order valence-corrected chi connectivity index (χ2v) is 6.06. The average molecular weight is 320 g/mol. The van der Waals surface area contributed by atoms with Crippen LogP contribution in [-0.2, 0) is 6.42 Å². The van der Waals surface area contributed by atoms with Crippen molar-refractivity contribution in [2.45, 2.75) is 19.3 Å². The fraction of sp³-hybridized carbons (Fsp3) is 0.438. The Labute approximate surface area is 134 Å². The van der Waals surface area contributed by atoms with E-state index in [1.807, 2.05) is 12.1 Å². The van der Waals surface area contributed by atoms with E-state index in [1.54, 1.807) is 32.7 Å². The predicted molar refractivity (Wildman–Crippen MR) is 88.6 cm³/mol. The van der Waals surface area contributed by atoms with Gasteiger partial charge in [0.1, 0.15) is 10.0 Å². The first-order valence-corrected chi connectivity index (χ1v) is 8.13. The van der Waals surface area contributed by atoms with Gasteiger partial charge in [-0.15, -0.1) is 0 Å². The van der Waals surface area contributed by atoms with Crippen LogP contribution in [0.25, 0.3) is 10.6 Å². The molecule has 3 rings (SSSR count). The van der Waals surface area contributed by atoms with Crippen molar-refractivity contribution in [1.29, 1.82) is 0 Å². The Morgan fingerprint density at radius 2 is 1.86 bits per heavy atom. The van der Waals surface area contributed by atoms with Crippen molar-refractivity contribution in [1.82, 2.24) is 4.98 Å². The van der Waals surface area contributed by atoms with Crippen LogP contribution in [0.5, 0.6) is 17.2 Å². The molecule has 2 aromatic rings. The lowest BCUT2D eigenvalue weighted by atomic mass is 10.1. The topological polar surface area (TPSA) is 52.6 Å². The Kier molecular flexibility index (Phi) is 4.38. The van der Waals surface area contributed by atoms with Crippen molar-refractivity contribution in [2.75, 3.05) is 33.2 Å². The summed E-state index contributed by atoms with van der Waals surface area (Å²) in [5.74, 6) is 1.91. The fourth-order valence-electron chi connectivity index (χ4n) is 2.66. The molecule has 0 fully saturated rings. The van der Waals surface area contributed by atoms with Crippen LogP contribution in [0, 0.1) is 0 Å². The summed E-state index contributed by atoms with van der Waals surface area (Å²) in [6, 6.07) is 3.86. The van der Waals surface area contributed by atoms with E-state index in [1.165, 1.54) is 17.8 Å². The molecule has 0 aliphatic carbocycles. The van der Waals surface area contributed by atoms with Crippen LogP contribution in [0.15, 0.2) is 12.1 Å². The molecule has 118 valence electrons. The van der Waals surface area contributed by atoms with E-state index in [4.69, 9.17) is 19.2 Å². The largest absolute Gasteiger partial charge is 0.493 e. The zero-order valence-electron chi connectivity index (χ0n) is 13.1. The molecule has 0 saturated carbocycles. The van der Waals surface area contributed by atoms with Crippen molar-refractivity contribution in [3.63, 3.8) is 0 Å². The molecule has 22 heavy (non-hydrogen) atoms. The quantitative estimate of drug-likeness (QED) is 0.933. The lowest BCUT2D eigenvalue weighted by molar-refractivity contribution is 0.325. The van der Waals surface area contributed by atoms with Gasteiger partial charge in [0.15, 0.2) is 11.5 Å². The van der Waals surface area contributed by atoms with E-state index in [0.717, 1.165) is 29.2 Å². The number of methoxy groups -OCH3 is 3. The molecule has 1 aliphatic heterocycles. The third kappa shape index (κ3) is 2.59. The summed E-state index contributed by atoms with van der Waals surface area (Å²) in [4.78, 5) is 4.80. The number of benzene rings is 1. The van der Waals surface area contributed by atoms with E-state index in [2.05, 4.69) is 5.32 Å². The number of fused-ring (bicyclic) bond motifs is 1. The molecule has 1 aliphatic rings. The van der Waals surface area contributed by atoms with Crippen LogP contribution in [0.1, 0.15) is 18.5 Å². The molecule has 0 spiro atoms. The second kappa shape index (κ2) is 6.44. The molecule has 0 amide bonds. The van der Waals surface area contributed by atoms with Crippen molar-refractivity contribution >= 4 is 16.3 Å². The first kappa shape index (κ1) is 15.0. The third-order valence-electron chi connectivity index (χ3n) is 3.76. The number of nitrogens with one attached hydrogen (secondary N) is 1. The summed E-state index contributed by atoms with van der Waals surface area (Å²) < 4.78 is 16.3. The number of thiazole rings is 1. The highest BCUT2D eigenvalue weighted by molar-refractivity contribution is 7.19. The molecule has 0 atom stereocenters. The highest BCUT2D eigenvalue weighted by Crippen LogP contribution is 2.46. The maximum atomic E-state index is 5.56. The number of rotatable bonds is 4. The van der Waals surface area contributed by atoms with Gasteiger partial charge < -0.3 is 19.5 Å². The number of hydrogen-bond donors (Lipinski definition) is 1. The first-order valence-electron chi connectivity index (χ1n) is 7.31. The van der Waals surface area contributed by atoms with E-state index < -0.39 is 0 Å². The van der Waals surface area contributed by atoms with Gasteiger partial charge in [0.25, 0.3) is 0 Å². The minimum Gasteiger partial charge on any atom is -0.493 e. The third-order valence-corrected chi connectivity index (χ3v) is 4.85. The highest BCUT2D eigenvalue weighted by Gasteiger charge is 2.21. The van der Waals surface area contributed by atoms with Gasteiger partial charge in [-0.05, 0) is 31.4 Å². The summed E-state index contributed by atoms with van der Waals surface area (Å²) in [6.45, 7) is 1.01. The van der Waals surface area contributed by atoms with Gasteiger partial charge in [0, 0.05) is 6.54 Å². The number of ether oxygens (including phenoxy) is 3. The van der Waals surface area contributed by atoms with E-state index in [0.29, 0.717) is 17.2 Å². The number of nitrogens with zero attached hydrogens (tertiary/aromatic N) is 1. The van der Waals surface area contributed by atoms with E-state index in [-0.39, 0.29) is 0 Å². The predicted octanol–water partition coefficient (Wildman–Crippen LogP) is 3.58. The standard InChI is InChI=1S/C16H20N2O3S/c1-19-12-8-7-10(13(20-2)14(12)21-3)15-18-11-6-4-5-9-17-16(11)22-15/h7-8,17H,4-6,9H2,1-3H3. The lowest BCUT2D eigenvalue weighted by Gasteiger charge is -2.14. The van der Waals surface area contributed by atoms with Crippen LogP contribution in [0.4, 0.5) is 5.00 Å². The molecular weight excluding hydrogens is 300 g/mol. The van der Waals surface area contributed by atoms with Crippen molar-refractivity contribution < 1.29 is 14.2 Å². The molecule has 5 nitrogen and oxygen atoms in total. The van der Waals surface area contributed by atoms with Crippen molar-refractivity contribution in [2.24, 2.45) is 0 Å². The van der Waals surface area contributed by atoms with Crippen molar-refractivity contribution in [3.05, 3.63) is 17.8 Å². The molecule has 1 aromatic heterocycles. The fourth-order valence-corrected chi connectivity index (χ4v) is 3.72. The summed E-state index contributed by atoms with van der Waals surface area (Å²) in [6.07, 6.45) is 3.39. The van der Waals surface area contributed by atoms with E-state index >= 15 is 0 Å². The van der Waals surface area contributed by atoms with Gasteiger partial charge in [-0.2, -0.15) is 0 Å². The van der Waals surface area contributed by atoms with Gasteiger partial charge >= 0.3 is 0 Å². The van der Waals surface area contributed by atoms with E-state index in [9.17, 15) is 0 Å². The van der Waals surface area contributed by atoms with Gasteiger partial charge in [-0.1, -0.05) is 11.3 Å². The SMILES string of the molecule is COc1ccc(-c2nc3c(s2)NCCCC3)c(OC)c1OC. The zero-order chi connectivity index (χ0) is 15.5. The summed E-state index contributed by atoms with van der Waals surface area (Å²) in [7, 11) is 4.87. The second-order valence-electron chi connectivity index (χ2n) is 5.06. The Balaban J connectivity index is 2.08. The Morgan fingerprint density at radius 1 is 1.05 bits per heavy atom. The maximum absolute atomic E-state index is 5.56. The minimum atomic E-state index is 0.598. The molecule has 2 heterocycles. The van der Waals surface area contributed by atoms with Gasteiger partial charge in [0.2, 0.25) is 5.75 Å². The minimum absolute atomic E-state index is 0.598. The molecule has 6 heteroatoms. The zero-order valence-corrected chi connectivity index (χ0v) is 13.9. The molecule has 1 aromatic carbocycles. The van der Waals surface area contributed by atoms with Crippen LogP contribution in [-0.4, -0.2) is 32.9 Å². The monoisotopic (exact) mass is 320 g/mol. The Hall–Kier alpha value is -1.95. The van der Waals surface area contributed by atoms with Crippen molar-refractivity contribution in [3.8, 4) is 27.8 Å². The van der Waals surface area contributed by atoms with Crippen LogP contribution in [0.2, 0.25) is 0 Å². The lowest BCUT2D eigenvalue weighted by Crippen LogP contribution is -1.97. The molecule has 0 radical (unpaired) electrons. The van der Waals surface area contributed by atoms with Gasteiger partial charge in [0.05, 0.1) is 32.6 Å². The van der Waals surface area contributed by atoms with Crippen LogP contribution < -0.4 is 19.5 Å². The number of aryl methyl sites for hydroxylation is 1. The summed E-state index contributed by atoms with van der Waals surface area (Å²) >= 11 is 1.67. The smallest absolute Gasteiger partial charge is 0.204 e. The Bertz CT molecular complexity index is 646. The Morgan fingerprint density at radius 3 is 2.59 bits per heavy atom. The molecule has 0 saturated heterocycles. The van der Waals surface area contributed by atoms with Crippen LogP contribution >= 0.6 is 11.3 Å². The van der Waals surface area contributed by atoms with Crippen LogP contribution in [0.3, 0.4) is 0 Å². The number of hydrogen-bond acceptors (Lipinski definition) is 6. The van der Waals surface area contributed by atoms with Gasteiger partial charge in [-0.3, -0.25) is 0 Å². The maximum Gasteiger partial charge on any atom is 0.204 e. The molecule has 0 bridgehead atoms. The first-order chi connectivity index (χ1) is 10.8. The van der Waals surface area contributed by atoms with Gasteiger partial charge in [-0.25, -0.2) is 4.98 Å². The molecule has 0 unspecified atom stereocenters. The molecule has 1 N–H and O–H groups in total.